The summed E-state index contributed by atoms with van der Waals surface area (Å²) in [5, 5.41) is 0.699. The SMILES string of the molecule is CCN(CC(=O)N(C)C)C(c1ccc(Cl)cc1)C(C)N. The molecule has 0 heterocycles. The quantitative estimate of drug-likeness (QED) is 0.875. The van der Waals surface area contributed by atoms with Crippen molar-refractivity contribution in [2.45, 2.75) is 25.9 Å². The lowest BCUT2D eigenvalue weighted by Gasteiger charge is -2.34. The molecule has 0 radical (unpaired) electrons. The lowest BCUT2D eigenvalue weighted by atomic mass is 9.99. The minimum Gasteiger partial charge on any atom is -0.348 e. The lowest BCUT2D eigenvalue weighted by molar-refractivity contribution is -0.130. The fourth-order valence-electron chi connectivity index (χ4n) is 2.23. The third-order valence-corrected chi connectivity index (χ3v) is 3.60. The van der Waals surface area contributed by atoms with Gasteiger partial charge in [0.15, 0.2) is 0 Å². The zero-order chi connectivity index (χ0) is 15.3. The van der Waals surface area contributed by atoms with Crippen molar-refractivity contribution in [3.05, 3.63) is 34.9 Å². The second-order valence-corrected chi connectivity index (χ2v) is 5.64. The van der Waals surface area contributed by atoms with Crippen LogP contribution < -0.4 is 5.73 Å². The Hall–Kier alpha value is -1.10. The third-order valence-electron chi connectivity index (χ3n) is 3.35. The standard InChI is InChI=1S/C15H24ClN3O/c1-5-19(10-14(20)18(3)4)15(11(2)17)12-6-8-13(16)9-7-12/h6-9,11,15H,5,10,17H2,1-4H3. The molecule has 0 spiro atoms. The first kappa shape index (κ1) is 17.0. The number of hydrogen-bond donors (Lipinski definition) is 1. The molecule has 0 saturated heterocycles. The molecule has 5 heteroatoms. The van der Waals surface area contributed by atoms with E-state index in [-0.39, 0.29) is 18.0 Å². The number of carbonyl (C=O) groups excluding carboxylic acids is 1. The maximum Gasteiger partial charge on any atom is 0.236 e. The summed E-state index contributed by atoms with van der Waals surface area (Å²) in [5.74, 6) is 0.0754. The molecular weight excluding hydrogens is 274 g/mol. The van der Waals surface area contributed by atoms with E-state index in [0.717, 1.165) is 12.1 Å². The van der Waals surface area contributed by atoms with Gasteiger partial charge in [0.05, 0.1) is 12.6 Å². The zero-order valence-electron chi connectivity index (χ0n) is 12.6. The van der Waals surface area contributed by atoms with Crippen LogP contribution in [-0.4, -0.2) is 48.9 Å². The maximum absolute atomic E-state index is 11.9. The number of hydrogen-bond acceptors (Lipinski definition) is 3. The van der Waals surface area contributed by atoms with Gasteiger partial charge in [-0.25, -0.2) is 0 Å². The highest BCUT2D eigenvalue weighted by Gasteiger charge is 2.25. The van der Waals surface area contributed by atoms with Gasteiger partial charge in [-0.3, -0.25) is 9.69 Å². The van der Waals surface area contributed by atoms with Crippen molar-refractivity contribution in [2.75, 3.05) is 27.2 Å². The summed E-state index contributed by atoms with van der Waals surface area (Å²) >= 11 is 5.93. The van der Waals surface area contributed by atoms with Crippen LogP contribution in [0.5, 0.6) is 0 Å². The summed E-state index contributed by atoms with van der Waals surface area (Å²) in [6.45, 7) is 5.11. The van der Waals surface area contributed by atoms with E-state index < -0.39 is 0 Å². The second kappa shape index (κ2) is 7.62. The minimum atomic E-state index is -0.0777. The van der Waals surface area contributed by atoms with E-state index in [0.29, 0.717) is 11.6 Å². The predicted octanol–water partition coefficient (Wildman–Crippen LogP) is 2.14. The average molecular weight is 298 g/mol. The molecule has 2 unspecified atom stereocenters. The molecule has 0 bridgehead atoms. The minimum absolute atomic E-state index is 0.00108. The summed E-state index contributed by atoms with van der Waals surface area (Å²) in [6, 6.07) is 7.58. The number of likely N-dealkylation sites (N-methyl/N-ethyl adjacent to an activating group) is 2. The molecule has 1 rings (SSSR count). The lowest BCUT2D eigenvalue weighted by Crippen LogP contribution is -2.44. The van der Waals surface area contributed by atoms with E-state index in [1.165, 1.54) is 0 Å². The monoisotopic (exact) mass is 297 g/mol. The van der Waals surface area contributed by atoms with Crippen molar-refractivity contribution in [3.63, 3.8) is 0 Å². The van der Waals surface area contributed by atoms with Crippen LogP contribution in [0.25, 0.3) is 0 Å². The first-order valence-electron chi connectivity index (χ1n) is 6.82. The Morgan fingerprint density at radius 3 is 2.25 bits per heavy atom. The largest absolute Gasteiger partial charge is 0.348 e. The normalized spacial score (nSPS) is 14.2. The molecule has 2 atom stereocenters. The fraction of sp³-hybridized carbons (Fsp3) is 0.533. The van der Waals surface area contributed by atoms with Gasteiger partial charge in [-0.15, -0.1) is 0 Å². The van der Waals surface area contributed by atoms with Crippen LogP contribution >= 0.6 is 11.6 Å². The van der Waals surface area contributed by atoms with Crippen molar-refractivity contribution in [2.24, 2.45) is 5.73 Å². The summed E-state index contributed by atoms with van der Waals surface area (Å²) in [6.07, 6.45) is 0. The highest BCUT2D eigenvalue weighted by Crippen LogP contribution is 2.24. The topological polar surface area (TPSA) is 49.6 Å². The number of carbonyl (C=O) groups is 1. The number of nitrogens with two attached hydrogens (primary N) is 1. The molecule has 20 heavy (non-hydrogen) atoms. The Labute approximate surface area is 126 Å². The van der Waals surface area contributed by atoms with Crippen molar-refractivity contribution in [3.8, 4) is 0 Å². The molecule has 4 nitrogen and oxygen atoms in total. The molecule has 0 aromatic heterocycles. The van der Waals surface area contributed by atoms with Crippen LogP contribution in [0, 0.1) is 0 Å². The molecular formula is C15H24ClN3O. The smallest absolute Gasteiger partial charge is 0.236 e. The van der Waals surface area contributed by atoms with Gasteiger partial charge >= 0.3 is 0 Å². The van der Waals surface area contributed by atoms with E-state index in [9.17, 15) is 4.79 Å². The zero-order valence-corrected chi connectivity index (χ0v) is 13.4. The molecule has 0 aliphatic carbocycles. The summed E-state index contributed by atoms with van der Waals surface area (Å²) in [4.78, 5) is 15.6. The average Bonchev–Trinajstić information content (AvgIpc) is 2.39. The van der Waals surface area contributed by atoms with Gasteiger partial charge in [-0.1, -0.05) is 30.7 Å². The Morgan fingerprint density at radius 2 is 1.85 bits per heavy atom. The van der Waals surface area contributed by atoms with Crippen molar-refractivity contribution in [1.82, 2.24) is 9.80 Å². The van der Waals surface area contributed by atoms with Crippen molar-refractivity contribution < 1.29 is 4.79 Å². The number of nitrogens with zero attached hydrogens (tertiary/aromatic N) is 2. The van der Waals surface area contributed by atoms with Gasteiger partial charge in [0.1, 0.15) is 0 Å². The van der Waals surface area contributed by atoms with Crippen LogP contribution in [0.2, 0.25) is 5.02 Å². The fourth-order valence-corrected chi connectivity index (χ4v) is 2.35. The molecule has 2 N–H and O–H groups in total. The molecule has 0 fully saturated rings. The van der Waals surface area contributed by atoms with E-state index >= 15 is 0 Å². The van der Waals surface area contributed by atoms with E-state index in [4.69, 9.17) is 17.3 Å². The number of amides is 1. The van der Waals surface area contributed by atoms with E-state index in [2.05, 4.69) is 4.90 Å². The first-order valence-corrected chi connectivity index (χ1v) is 7.19. The van der Waals surface area contributed by atoms with E-state index in [1.807, 2.05) is 38.1 Å². The van der Waals surface area contributed by atoms with Gasteiger partial charge in [0, 0.05) is 25.2 Å². The molecule has 1 amide bonds. The Balaban J connectivity index is 2.98. The molecule has 0 saturated carbocycles. The van der Waals surface area contributed by atoms with Gasteiger partial charge < -0.3 is 10.6 Å². The molecule has 1 aromatic rings. The van der Waals surface area contributed by atoms with Gasteiger partial charge in [-0.2, -0.15) is 0 Å². The van der Waals surface area contributed by atoms with E-state index in [1.54, 1.807) is 19.0 Å². The summed E-state index contributed by atoms with van der Waals surface area (Å²) < 4.78 is 0. The molecule has 0 aliphatic heterocycles. The van der Waals surface area contributed by atoms with Crippen LogP contribution in [0.3, 0.4) is 0 Å². The Bertz CT molecular complexity index is 431. The Kier molecular flexibility index (Phi) is 6.46. The predicted molar refractivity (Wildman–Crippen MR) is 83.8 cm³/mol. The van der Waals surface area contributed by atoms with Gasteiger partial charge in [0.2, 0.25) is 5.91 Å². The summed E-state index contributed by atoms with van der Waals surface area (Å²) in [7, 11) is 3.53. The molecule has 112 valence electrons. The van der Waals surface area contributed by atoms with Crippen molar-refractivity contribution in [1.29, 1.82) is 0 Å². The van der Waals surface area contributed by atoms with Crippen LogP contribution in [0.4, 0.5) is 0 Å². The first-order chi connectivity index (χ1) is 9.36. The van der Waals surface area contributed by atoms with Crippen molar-refractivity contribution >= 4 is 17.5 Å². The van der Waals surface area contributed by atoms with Gasteiger partial charge in [-0.05, 0) is 31.2 Å². The highest BCUT2D eigenvalue weighted by atomic mass is 35.5. The highest BCUT2D eigenvalue weighted by molar-refractivity contribution is 6.30. The molecule has 1 aromatic carbocycles. The Morgan fingerprint density at radius 1 is 1.30 bits per heavy atom. The second-order valence-electron chi connectivity index (χ2n) is 5.21. The number of halogens is 1. The number of rotatable bonds is 6. The molecule has 0 aliphatic rings. The van der Waals surface area contributed by atoms with Crippen LogP contribution in [0.15, 0.2) is 24.3 Å². The van der Waals surface area contributed by atoms with Gasteiger partial charge in [0.25, 0.3) is 0 Å². The third kappa shape index (κ3) is 4.47. The van der Waals surface area contributed by atoms with Crippen LogP contribution in [0.1, 0.15) is 25.5 Å². The maximum atomic E-state index is 11.9. The summed E-state index contributed by atoms with van der Waals surface area (Å²) in [5.41, 5.74) is 7.22. The van der Waals surface area contributed by atoms with Crippen LogP contribution in [-0.2, 0) is 4.79 Å². The number of benzene rings is 1.